The first-order chi connectivity index (χ1) is 7.88. The summed E-state index contributed by atoms with van der Waals surface area (Å²) < 4.78 is 5.49. The topological polar surface area (TPSA) is 37.0 Å². The van der Waals surface area contributed by atoms with Crippen LogP contribution in [0.4, 0.5) is 5.69 Å². The first-order valence-corrected chi connectivity index (χ1v) is 5.56. The number of benzene rings is 1. The molecule has 1 aliphatic rings. The first-order valence-electron chi connectivity index (χ1n) is 5.56. The number of nitrogens with one attached hydrogen (secondary N) is 2. The fraction of sp³-hybridized carbons (Fsp3) is 0.231. The van der Waals surface area contributed by atoms with Crippen molar-refractivity contribution in [1.29, 1.82) is 0 Å². The molecule has 0 spiro atoms. The van der Waals surface area contributed by atoms with E-state index in [4.69, 9.17) is 4.74 Å². The zero-order valence-corrected chi connectivity index (χ0v) is 9.21. The molecule has 0 saturated carbocycles. The lowest BCUT2D eigenvalue weighted by molar-refractivity contribution is 0.329. The summed E-state index contributed by atoms with van der Waals surface area (Å²) in [5.74, 6) is 0.853. The number of H-pyrrole nitrogens is 1. The van der Waals surface area contributed by atoms with Gasteiger partial charge in [-0.25, -0.2) is 0 Å². The van der Waals surface area contributed by atoms with Crippen LogP contribution < -0.4 is 10.1 Å². The van der Waals surface area contributed by atoms with Crippen molar-refractivity contribution in [3.05, 3.63) is 35.9 Å². The van der Waals surface area contributed by atoms with Gasteiger partial charge >= 0.3 is 0 Å². The zero-order valence-electron chi connectivity index (χ0n) is 9.21. The Labute approximate surface area is 94.5 Å². The second kappa shape index (κ2) is 3.59. The number of hydrogen-bond acceptors (Lipinski definition) is 2. The van der Waals surface area contributed by atoms with Gasteiger partial charge in [0.25, 0.3) is 0 Å². The van der Waals surface area contributed by atoms with E-state index in [2.05, 4.69) is 34.6 Å². The molecule has 1 aliphatic heterocycles. The van der Waals surface area contributed by atoms with E-state index in [9.17, 15) is 0 Å². The van der Waals surface area contributed by atoms with Crippen molar-refractivity contribution < 1.29 is 4.74 Å². The Kier molecular flexibility index (Phi) is 2.10. The van der Waals surface area contributed by atoms with E-state index in [1.54, 1.807) is 0 Å². The molecule has 0 unspecified atom stereocenters. The summed E-state index contributed by atoms with van der Waals surface area (Å²) in [4.78, 5) is 3.33. The number of rotatable bonds is 2. The molecule has 1 aromatic heterocycles. The van der Waals surface area contributed by atoms with E-state index in [1.165, 1.54) is 22.5 Å². The summed E-state index contributed by atoms with van der Waals surface area (Å²) in [7, 11) is 0. The highest BCUT2D eigenvalue weighted by Gasteiger charge is 2.17. The van der Waals surface area contributed by atoms with E-state index < -0.39 is 0 Å². The predicted molar refractivity (Wildman–Crippen MR) is 64.7 cm³/mol. The van der Waals surface area contributed by atoms with E-state index >= 15 is 0 Å². The summed E-state index contributed by atoms with van der Waals surface area (Å²) >= 11 is 0. The maximum absolute atomic E-state index is 5.49. The number of fused-ring (bicyclic) bond motifs is 3. The van der Waals surface area contributed by atoms with Crippen molar-refractivity contribution in [2.45, 2.75) is 13.5 Å². The molecule has 16 heavy (non-hydrogen) atoms. The van der Waals surface area contributed by atoms with Gasteiger partial charge in [0.1, 0.15) is 0 Å². The van der Waals surface area contributed by atoms with E-state index in [0.29, 0.717) is 6.61 Å². The number of aromatic amines is 1. The Balaban J connectivity index is 2.09. The normalized spacial score (nSPS) is 12.6. The van der Waals surface area contributed by atoms with Gasteiger partial charge in [0.15, 0.2) is 5.88 Å². The van der Waals surface area contributed by atoms with Gasteiger partial charge < -0.3 is 15.0 Å². The third kappa shape index (κ3) is 1.36. The second-order valence-electron chi connectivity index (χ2n) is 3.87. The number of anilines is 1. The average molecular weight is 214 g/mol. The molecule has 0 radical (unpaired) electrons. The molecule has 0 atom stereocenters. The molecule has 0 amide bonds. The molecule has 3 nitrogen and oxygen atoms in total. The second-order valence-corrected chi connectivity index (χ2v) is 3.87. The van der Waals surface area contributed by atoms with Gasteiger partial charge in [0, 0.05) is 29.4 Å². The Hall–Kier alpha value is -1.90. The molecule has 2 N–H and O–H groups in total. The van der Waals surface area contributed by atoms with Gasteiger partial charge in [0.2, 0.25) is 0 Å². The highest BCUT2D eigenvalue weighted by Crippen LogP contribution is 2.36. The van der Waals surface area contributed by atoms with Crippen molar-refractivity contribution in [1.82, 2.24) is 4.98 Å². The van der Waals surface area contributed by atoms with Crippen LogP contribution in [0.5, 0.6) is 5.88 Å². The Morgan fingerprint density at radius 3 is 3.06 bits per heavy atom. The van der Waals surface area contributed by atoms with Crippen LogP contribution in [0.2, 0.25) is 0 Å². The molecular formula is C13H14N2O. The van der Waals surface area contributed by atoms with Gasteiger partial charge in [-0.05, 0) is 13.0 Å². The first kappa shape index (κ1) is 9.33. The van der Waals surface area contributed by atoms with Crippen molar-refractivity contribution in [3.63, 3.8) is 0 Å². The Bertz CT molecular complexity index is 516. The van der Waals surface area contributed by atoms with Gasteiger partial charge in [-0.3, -0.25) is 0 Å². The Morgan fingerprint density at radius 2 is 2.19 bits per heavy atom. The van der Waals surface area contributed by atoms with Gasteiger partial charge in [-0.15, -0.1) is 0 Å². The van der Waals surface area contributed by atoms with Crippen LogP contribution in [0.25, 0.3) is 11.3 Å². The van der Waals surface area contributed by atoms with Crippen LogP contribution in [0.1, 0.15) is 12.5 Å². The number of ether oxygens (including phenoxy) is 1. The highest BCUT2D eigenvalue weighted by molar-refractivity contribution is 5.81. The maximum Gasteiger partial charge on any atom is 0.191 e. The molecule has 3 rings (SSSR count). The largest absolute Gasteiger partial charge is 0.479 e. The molecule has 0 saturated heterocycles. The van der Waals surface area contributed by atoms with Crippen molar-refractivity contribution >= 4 is 5.69 Å². The molecule has 82 valence electrons. The standard InChI is InChI=1S/C13H14N2O/c1-2-16-12-7-9-8-14-11-6-4-3-5-10(11)13(9)15-12/h3-7,14-15H,2,8H2,1H3. The molecule has 0 bridgehead atoms. The van der Waals surface area contributed by atoms with Gasteiger partial charge in [-0.1, -0.05) is 18.2 Å². The van der Waals surface area contributed by atoms with Crippen LogP contribution in [-0.4, -0.2) is 11.6 Å². The smallest absolute Gasteiger partial charge is 0.191 e. The van der Waals surface area contributed by atoms with Crippen LogP contribution in [0, 0.1) is 0 Å². The lowest BCUT2D eigenvalue weighted by Gasteiger charge is -2.17. The molecular weight excluding hydrogens is 200 g/mol. The summed E-state index contributed by atoms with van der Waals surface area (Å²) in [6.45, 7) is 3.54. The fourth-order valence-corrected chi connectivity index (χ4v) is 2.13. The maximum atomic E-state index is 5.49. The minimum absolute atomic E-state index is 0.689. The molecule has 0 aliphatic carbocycles. The van der Waals surface area contributed by atoms with Crippen molar-refractivity contribution in [3.8, 4) is 17.1 Å². The third-order valence-corrected chi connectivity index (χ3v) is 2.84. The molecule has 3 heteroatoms. The SMILES string of the molecule is CCOc1cc2c([nH]1)-c1ccccc1NC2. The lowest BCUT2D eigenvalue weighted by atomic mass is 10.0. The van der Waals surface area contributed by atoms with E-state index in [-0.39, 0.29) is 0 Å². The Morgan fingerprint density at radius 1 is 1.31 bits per heavy atom. The molecule has 0 fully saturated rings. The number of hydrogen-bond donors (Lipinski definition) is 2. The summed E-state index contributed by atoms with van der Waals surface area (Å²) in [5, 5.41) is 3.40. The van der Waals surface area contributed by atoms with E-state index in [1.807, 2.05) is 13.0 Å². The third-order valence-electron chi connectivity index (χ3n) is 2.84. The van der Waals surface area contributed by atoms with Gasteiger partial charge in [-0.2, -0.15) is 0 Å². The lowest BCUT2D eigenvalue weighted by Crippen LogP contribution is -2.06. The number of para-hydroxylation sites is 1. The van der Waals surface area contributed by atoms with Crippen LogP contribution in [0.3, 0.4) is 0 Å². The van der Waals surface area contributed by atoms with E-state index in [0.717, 1.165) is 12.4 Å². The zero-order chi connectivity index (χ0) is 11.0. The predicted octanol–water partition coefficient (Wildman–Crippen LogP) is 3.01. The van der Waals surface area contributed by atoms with Crippen LogP contribution >= 0.6 is 0 Å². The van der Waals surface area contributed by atoms with Crippen molar-refractivity contribution in [2.75, 3.05) is 11.9 Å². The van der Waals surface area contributed by atoms with Crippen LogP contribution in [0.15, 0.2) is 30.3 Å². The quantitative estimate of drug-likeness (QED) is 0.806. The highest BCUT2D eigenvalue weighted by atomic mass is 16.5. The van der Waals surface area contributed by atoms with Gasteiger partial charge in [0.05, 0.1) is 12.3 Å². The average Bonchev–Trinajstić information content (AvgIpc) is 2.72. The summed E-state index contributed by atoms with van der Waals surface area (Å²) in [6, 6.07) is 10.4. The number of aromatic nitrogens is 1. The summed E-state index contributed by atoms with van der Waals surface area (Å²) in [5.41, 5.74) is 4.84. The molecule has 2 heterocycles. The minimum Gasteiger partial charge on any atom is -0.479 e. The monoisotopic (exact) mass is 214 g/mol. The van der Waals surface area contributed by atoms with Crippen molar-refractivity contribution in [2.24, 2.45) is 0 Å². The minimum atomic E-state index is 0.689. The molecule has 2 aromatic rings. The fourth-order valence-electron chi connectivity index (χ4n) is 2.13. The summed E-state index contributed by atoms with van der Waals surface area (Å²) in [6.07, 6.45) is 0. The van der Waals surface area contributed by atoms with Crippen LogP contribution in [-0.2, 0) is 6.54 Å². The molecule has 1 aromatic carbocycles.